The van der Waals surface area contributed by atoms with E-state index in [2.05, 4.69) is 52.5 Å². The minimum absolute atomic E-state index is 0.144. The number of imide groups is 1. The van der Waals surface area contributed by atoms with Crippen LogP contribution in [-0.2, 0) is 16.0 Å². The van der Waals surface area contributed by atoms with Gasteiger partial charge in [-0.1, -0.05) is 71.4 Å². The first kappa shape index (κ1) is 28.4. The number of ether oxygens (including phenoxy) is 1. The fraction of sp³-hybridized carbons (Fsp3) is 0.484. The van der Waals surface area contributed by atoms with Crippen LogP contribution < -0.4 is 0 Å². The van der Waals surface area contributed by atoms with Gasteiger partial charge < -0.3 is 4.74 Å². The van der Waals surface area contributed by atoms with Gasteiger partial charge in [0, 0.05) is 5.92 Å². The van der Waals surface area contributed by atoms with E-state index in [0.717, 1.165) is 37.7 Å². The molecule has 1 aliphatic rings. The summed E-state index contributed by atoms with van der Waals surface area (Å²) in [5, 5.41) is 0. The van der Waals surface area contributed by atoms with Crippen LogP contribution in [0.4, 0.5) is 4.79 Å². The van der Waals surface area contributed by atoms with Crippen molar-refractivity contribution in [2.24, 2.45) is 5.92 Å². The quantitative estimate of drug-likeness (QED) is 0.255. The van der Waals surface area contributed by atoms with Gasteiger partial charge in [-0.05, 0) is 84.6 Å². The average molecular weight is 478 g/mol. The zero-order valence-corrected chi connectivity index (χ0v) is 22.1. The summed E-state index contributed by atoms with van der Waals surface area (Å²) < 4.78 is 5.26. The lowest BCUT2D eigenvalue weighted by atomic mass is 9.95. The van der Waals surface area contributed by atoms with Crippen molar-refractivity contribution < 1.29 is 14.3 Å². The summed E-state index contributed by atoms with van der Waals surface area (Å²) in [4.78, 5) is 27.1. The summed E-state index contributed by atoms with van der Waals surface area (Å²) in [6.45, 7) is 12.7. The van der Waals surface area contributed by atoms with Crippen LogP contribution in [0.15, 0.2) is 77.9 Å². The molecule has 0 saturated carbocycles. The Morgan fingerprint density at radius 1 is 1.03 bits per heavy atom. The molecule has 0 aliphatic carbocycles. The van der Waals surface area contributed by atoms with Crippen LogP contribution in [-0.4, -0.2) is 29.5 Å². The van der Waals surface area contributed by atoms with Crippen LogP contribution in [0.1, 0.15) is 78.2 Å². The number of hydrogen-bond acceptors (Lipinski definition) is 3. The molecule has 0 bridgehead atoms. The fourth-order valence-corrected chi connectivity index (χ4v) is 4.38. The van der Waals surface area contributed by atoms with Gasteiger partial charge in [-0.25, -0.2) is 9.69 Å². The van der Waals surface area contributed by atoms with E-state index < -0.39 is 6.09 Å². The Labute approximate surface area is 212 Å². The molecule has 2 rings (SSSR count). The summed E-state index contributed by atoms with van der Waals surface area (Å²) in [7, 11) is 0. The smallest absolute Gasteiger partial charge is 0.416 e. The molecule has 190 valence electrons. The van der Waals surface area contributed by atoms with E-state index in [1.807, 2.05) is 30.3 Å². The molecule has 1 heterocycles. The SMILES string of the molecule is C=CC[C@H](CC/C=C(\C)CC/C=C(\C)CCC=C(C)C)C(=O)N1C(=O)OC[C@H]1Cc1ccccc1. The summed E-state index contributed by atoms with van der Waals surface area (Å²) >= 11 is 0. The van der Waals surface area contributed by atoms with Gasteiger partial charge in [0.25, 0.3) is 0 Å². The highest BCUT2D eigenvalue weighted by atomic mass is 16.6. The van der Waals surface area contributed by atoms with Crippen molar-refractivity contribution in [1.29, 1.82) is 0 Å². The molecule has 1 aromatic rings. The van der Waals surface area contributed by atoms with Crippen LogP contribution in [0.3, 0.4) is 0 Å². The van der Waals surface area contributed by atoms with Crippen LogP contribution in [0, 0.1) is 5.92 Å². The molecule has 0 spiro atoms. The standard InChI is InChI=1S/C31H43NO3/c1-6-13-28(21-12-18-26(5)17-11-16-25(4)15-10-14-24(2)3)30(33)32-29(23-35-31(32)34)22-27-19-8-7-9-20-27/h6-9,14,16,18-20,28-29H,1,10-13,15,17,21-23H2,2-5H3/b25-16+,26-18+/t28-,29-/m1/s1. The number of cyclic esters (lactones) is 1. The Kier molecular flexibility index (Phi) is 12.3. The van der Waals surface area contributed by atoms with Gasteiger partial charge in [-0.3, -0.25) is 4.79 Å². The van der Waals surface area contributed by atoms with E-state index >= 15 is 0 Å². The number of allylic oxidation sites excluding steroid dienone is 7. The van der Waals surface area contributed by atoms with Crippen molar-refractivity contribution >= 4 is 12.0 Å². The minimum Gasteiger partial charge on any atom is -0.447 e. The van der Waals surface area contributed by atoms with Crippen molar-refractivity contribution in [3.8, 4) is 0 Å². The number of carbonyl (C=O) groups excluding carboxylic acids is 2. The topological polar surface area (TPSA) is 46.6 Å². The molecule has 1 aromatic carbocycles. The summed E-state index contributed by atoms with van der Waals surface area (Å²) in [5.74, 6) is -0.410. The Bertz CT molecular complexity index is 922. The molecule has 4 heteroatoms. The molecule has 2 atom stereocenters. The van der Waals surface area contributed by atoms with E-state index in [0.29, 0.717) is 19.3 Å². The van der Waals surface area contributed by atoms with Gasteiger partial charge in [0.2, 0.25) is 5.91 Å². The van der Waals surface area contributed by atoms with Crippen LogP contribution in [0.5, 0.6) is 0 Å². The first-order chi connectivity index (χ1) is 16.8. The molecule has 2 amide bonds. The fourth-order valence-electron chi connectivity index (χ4n) is 4.38. The molecule has 0 aromatic heterocycles. The van der Waals surface area contributed by atoms with Gasteiger partial charge in [-0.15, -0.1) is 6.58 Å². The maximum absolute atomic E-state index is 13.3. The van der Waals surface area contributed by atoms with E-state index in [1.54, 1.807) is 6.08 Å². The van der Waals surface area contributed by atoms with E-state index in [-0.39, 0.29) is 24.5 Å². The molecule has 4 nitrogen and oxygen atoms in total. The van der Waals surface area contributed by atoms with Gasteiger partial charge in [0.1, 0.15) is 6.61 Å². The Hall–Kier alpha value is -2.88. The maximum Gasteiger partial charge on any atom is 0.416 e. The predicted molar refractivity (Wildman–Crippen MR) is 145 cm³/mol. The van der Waals surface area contributed by atoms with E-state index in [4.69, 9.17) is 4.74 Å². The van der Waals surface area contributed by atoms with E-state index in [9.17, 15) is 9.59 Å². The maximum atomic E-state index is 13.3. The van der Waals surface area contributed by atoms with Gasteiger partial charge in [0.15, 0.2) is 0 Å². The molecular formula is C31H43NO3. The number of nitrogens with zero attached hydrogens (tertiary/aromatic N) is 1. The molecule has 1 saturated heterocycles. The Morgan fingerprint density at radius 3 is 2.29 bits per heavy atom. The molecule has 1 fully saturated rings. The van der Waals surface area contributed by atoms with Gasteiger partial charge in [-0.2, -0.15) is 0 Å². The predicted octanol–water partition coefficient (Wildman–Crippen LogP) is 7.97. The lowest BCUT2D eigenvalue weighted by Crippen LogP contribution is -2.43. The van der Waals surface area contributed by atoms with Gasteiger partial charge >= 0.3 is 6.09 Å². The largest absolute Gasteiger partial charge is 0.447 e. The molecule has 1 aliphatic heterocycles. The number of benzene rings is 1. The monoisotopic (exact) mass is 477 g/mol. The van der Waals surface area contributed by atoms with Crippen molar-refractivity contribution in [1.82, 2.24) is 4.90 Å². The van der Waals surface area contributed by atoms with Crippen molar-refractivity contribution in [3.05, 3.63) is 83.5 Å². The van der Waals surface area contributed by atoms with Crippen molar-refractivity contribution in [3.63, 3.8) is 0 Å². The third-order valence-corrected chi connectivity index (χ3v) is 6.44. The van der Waals surface area contributed by atoms with E-state index in [1.165, 1.54) is 21.6 Å². The second-order valence-corrected chi connectivity index (χ2v) is 9.89. The zero-order valence-electron chi connectivity index (χ0n) is 22.1. The number of amides is 2. The Balaban J connectivity index is 1.89. The first-order valence-electron chi connectivity index (χ1n) is 12.9. The highest BCUT2D eigenvalue weighted by Gasteiger charge is 2.40. The number of carbonyl (C=O) groups is 2. The minimum atomic E-state index is -0.525. The summed E-state index contributed by atoms with van der Waals surface area (Å²) in [5.41, 5.74) is 5.24. The normalized spacial score (nSPS) is 17.2. The molecule has 0 unspecified atom stereocenters. The summed E-state index contributed by atoms with van der Waals surface area (Å²) in [6.07, 6.45) is 15.1. The zero-order chi connectivity index (χ0) is 25.6. The lowest BCUT2D eigenvalue weighted by Gasteiger charge is -2.24. The first-order valence-corrected chi connectivity index (χ1v) is 12.9. The molecular weight excluding hydrogens is 434 g/mol. The molecule has 0 radical (unpaired) electrons. The van der Waals surface area contributed by atoms with Crippen molar-refractivity contribution in [2.75, 3.05) is 6.61 Å². The summed E-state index contributed by atoms with van der Waals surface area (Å²) in [6, 6.07) is 9.67. The second kappa shape index (κ2) is 15.2. The van der Waals surface area contributed by atoms with Crippen LogP contribution in [0.2, 0.25) is 0 Å². The van der Waals surface area contributed by atoms with Crippen molar-refractivity contribution in [2.45, 2.75) is 85.1 Å². The third kappa shape index (κ3) is 10.1. The van der Waals surface area contributed by atoms with Gasteiger partial charge in [0.05, 0.1) is 6.04 Å². The van der Waals surface area contributed by atoms with Crippen LogP contribution in [0.25, 0.3) is 0 Å². The lowest BCUT2D eigenvalue weighted by molar-refractivity contribution is -0.133. The van der Waals surface area contributed by atoms with Crippen LogP contribution >= 0.6 is 0 Å². The highest BCUT2D eigenvalue weighted by molar-refractivity contribution is 5.94. The second-order valence-electron chi connectivity index (χ2n) is 9.89. The molecule has 0 N–H and O–H groups in total. The highest BCUT2D eigenvalue weighted by Crippen LogP contribution is 2.24. The number of rotatable bonds is 14. The Morgan fingerprint density at radius 2 is 1.66 bits per heavy atom. The average Bonchev–Trinajstić information content (AvgIpc) is 3.18. The number of hydrogen-bond donors (Lipinski definition) is 0. The molecule has 35 heavy (non-hydrogen) atoms. The third-order valence-electron chi connectivity index (χ3n) is 6.44.